The van der Waals surface area contributed by atoms with Gasteiger partial charge in [-0.25, -0.2) is 22.7 Å². The standard InChI is InChI=1S/C55H77N7O17S3/c1-39(2)77-43-20-21-47-45(38-43)52(44-16-8-9-17-46(44)59(47)27-13-33-80(69,70)58-26-32-61(5,6)28-14-34-81(71,72)73)55(68)78-53-40(3)36-42(37-41(53)4)54(67)57-25-12-30-62(7,31-15-35-82(74,75)76)29-11-24-56-48(63)18-10-19-51(66)79-60-49(64)22-23-50(60)65/h8-9,16-17,20-21,36-39,58H,10-15,18-19,22-35H2,1-7H3,(H-3,56,57,63,67,71,72,73,74,75,76)/p+3. The zero-order valence-corrected chi connectivity index (χ0v) is 50.3. The highest BCUT2D eigenvalue weighted by Crippen LogP contribution is 2.32. The van der Waals surface area contributed by atoms with Gasteiger partial charge >= 0.3 is 11.9 Å². The smallest absolute Gasteiger partial charge is 0.345 e. The highest BCUT2D eigenvalue weighted by atomic mass is 32.2. The number of nitrogens with zero attached hydrogens (tertiary/aromatic N) is 4. The van der Waals surface area contributed by atoms with Gasteiger partial charge in [0.1, 0.15) is 11.5 Å². The molecule has 0 aliphatic carbocycles. The van der Waals surface area contributed by atoms with E-state index in [2.05, 4.69) is 15.4 Å². The molecule has 1 atom stereocenters. The second-order valence-corrected chi connectivity index (χ2v) is 27.0. The molecular formula is C55H80N7O17S3+3. The zero-order valence-electron chi connectivity index (χ0n) is 47.9. The monoisotopic (exact) mass is 1210 g/mol. The van der Waals surface area contributed by atoms with Crippen molar-refractivity contribution in [1.29, 1.82) is 0 Å². The number of amides is 4. The predicted molar refractivity (Wildman–Crippen MR) is 305 cm³/mol. The fraction of sp³-hybridized carbons (Fsp3) is 0.545. The Morgan fingerprint density at radius 1 is 0.683 bits per heavy atom. The lowest BCUT2D eigenvalue weighted by molar-refractivity contribution is -0.909. The number of rotatable bonds is 34. The van der Waals surface area contributed by atoms with E-state index in [0.717, 1.165) is 0 Å². The van der Waals surface area contributed by atoms with Gasteiger partial charge < -0.3 is 33.9 Å². The zero-order chi connectivity index (χ0) is 60.6. The molecule has 0 spiro atoms. The molecule has 1 unspecified atom stereocenters. The normalized spacial score (nSPS) is 14.1. The number of hydrogen-bond acceptors (Lipinski definition) is 15. The summed E-state index contributed by atoms with van der Waals surface area (Å²) in [6.07, 6.45) is 1.30. The summed E-state index contributed by atoms with van der Waals surface area (Å²) in [5.74, 6) is -3.60. The minimum absolute atomic E-state index is 0.00117. The fourth-order valence-corrected chi connectivity index (χ4v) is 11.9. The maximum absolute atomic E-state index is 14.7. The number of imide groups is 1. The number of likely N-dealkylation sites (N-methyl/N-ethyl adjacent to an activating group) is 1. The first-order chi connectivity index (χ1) is 38.3. The van der Waals surface area contributed by atoms with E-state index in [9.17, 15) is 58.6 Å². The molecule has 1 saturated heterocycles. The van der Waals surface area contributed by atoms with Crippen molar-refractivity contribution in [3.8, 4) is 11.5 Å². The van der Waals surface area contributed by atoms with Crippen LogP contribution >= 0.6 is 0 Å². The Morgan fingerprint density at radius 2 is 1.27 bits per heavy atom. The van der Waals surface area contributed by atoms with Gasteiger partial charge in [0.05, 0.1) is 100 Å². The Balaban J connectivity index is 1.21. The van der Waals surface area contributed by atoms with Gasteiger partial charge in [0.2, 0.25) is 27.0 Å². The van der Waals surface area contributed by atoms with Gasteiger partial charge in [0.15, 0.2) is 6.54 Å². The maximum Gasteiger partial charge on any atom is 0.345 e. The summed E-state index contributed by atoms with van der Waals surface area (Å²) in [6, 6.07) is 15.9. The van der Waals surface area contributed by atoms with Crippen LogP contribution < -0.4 is 29.4 Å². The molecule has 82 heavy (non-hydrogen) atoms. The van der Waals surface area contributed by atoms with Crippen molar-refractivity contribution in [2.24, 2.45) is 0 Å². The lowest BCUT2D eigenvalue weighted by Gasteiger charge is -2.35. The number of pyridine rings is 1. The van der Waals surface area contributed by atoms with Gasteiger partial charge in [0.25, 0.3) is 38.0 Å². The molecule has 5 N–H and O–H groups in total. The first-order valence-electron chi connectivity index (χ1n) is 27.4. The van der Waals surface area contributed by atoms with Crippen molar-refractivity contribution in [2.75, 3.05) is 90.8 Å². The number of hydroxylamine groups is 2. The van der Waals surface area contributed by atoms with Crippen LogP contribution in [0.4, 0.5) is 0 Å². The number of fused-ring (bicyclic) bond motifs is 2. The molecule has 452 valence electrons. The Hall–Kier alpha value is -6.20. The maximum atomic E-state index is 14.7. The highest BCUT2D eigenvalue weighted by Gasteiger charge is 2.33. The number of sulfonamides is 1. The number of ether oxygens (including phenoxy) is 2. The molecule has 1 aliphatic heterocycles. The molecule has 5 rings (SSSR count). The molecule has 0 bridgehead atoms. The minimum Gasteiger partial charge on any atom is -0.491 e. The van der Waals surface area contributed by atoms with Gasteiger partial charge in [0, 0.05) is 88.6 Å². The highest BCUT2D eigenvalue weighted by molar-refractivity contribution is 7.89. The molecule has 27 heteroatoms. The SMILES string of the molecule is Cc1cc(C(=O)NCCC[N+](C)(CCCNC(=O)CCCC(=O)ON2C(=O)CCC2=O)CCCS(=O)(=O)O)cc(C)c1OC(=O)c1c2ccccc2[n+](CCCS(=O)(=O)NCC[N+](C)(C)CCCS(=O)(=O)O)c2ccc(OC(C)C)cc12. The third-order valence-electron chi connectivity index (χ3n) is 13.9. The van der Waals surface area contributed by atoms with E-state index in [1.54, 1.807) is 50.2 Å². The molecule has 3 aromatic carbocycles. The summed E-state index contributed by atoms with van der Waals surface area (Å²) in [4.78, 5) is 81.1. The van der Waals surface area contributed by atoms with Gasteiger partial charge in [-0.1, -0.05) is 12.1 Å². The van der Waals surface area contributed by atoms with E-state index in [1.807, 2.05) is 57.8 Å². The fourth-order valence-electron chi connectivity index (χ4n) is 9.82. The third kappa shape index (κ3) is 21.2. The average molecular weight is 1210 g/mol. The molecular weight excluding hydrogens is 1130 g/mol. The summed E-state index contributed by atoms with van der Waals surface area (Å²) in [5.41, 5.74) is 2.89. The Morgan fingerprint density at radius 3 is 1.89 bits per heavy atom. The van der Waals surface area contributed by atoms with E-state index < -0.39 is 59.8 Å². The number of carbonyl (C=O) groups excluding carboxylic acids is 6. The number of aryl methyl sites for hydroxylation is 3. The molecule has 24 nitrogen and oxygen atoms in total. The number of benzene rings is 3. The van der Waals surface area contributed by atoms with Crippen LogP contribution in [-0.2, 0) is 60.8 Å². The molecule has 4 aromatic rings. The third-order valence-corrected chi connectivity index (χ3v) is 17.0. The van der Waals surface area contributed by atoms with Gasteiger partial charge in [-0.3, -0.25) is 28.3 Å². The van der Waals surface area contributed by atoms with Crippen molar-refractivity contribution >= 4 is 87.6 Å². The van der Waals surface area contributed by atoms with E-state index >= 15 is 0 Å². The first-order valence-corrected chi connectivity index (χ1v) is 32.2. The number of aromatic nitrogens is 1. The van der Waals surface area contributed by atoms with Crippen LogP contribution in [0, 0.1) is 13.8 Å². The molecule has 4 amide bonds. The number of quaternary nitrogens is 2. The molecule has 1 fully saturated rings. The lowest BCUT2D eigenvalue weighted by Crippen LogP contribution is -2.48. The van der Waals surface area contributed by atoms with Crippen LogP contribution in [0.5, 0.6) is 11.5 Å². The van der Waals surface area contributed by atoms with E-state index in [0.29, 0.717) is 104 Å². The summed E-state index contributed by atoms with van der Waals surface area (Å²) in [6.45, 7) is 10.4. The number of nitrogens with one attached hydrogen (secondary N) is 3. The van der Waals surface area contributed by atoms with Crippen molar-refractivity contribution < 1.29 is 91.0 Å². The van der Waals surface area contributed by atoms with E-state index in [4.69, 9.17) is 18.9 Å². The predicted octanol–water partition coefficient (Wildman–Crippen LogP) is 3.70. The van der Waals surface area contributed by atoms with E-state index in [1.165, 1.54) is 0 Å². The summed E-state index contributed by atoms with van der Waals surface area (Å²) in [7, 11) is -6.42. The Kier molecular flexibility index (Phi) is 23.8. The molecule has 0 radical (unpaired) electrons. The summed E-state index contributed by atoms with van der Waals surface area (Å²) in [5, 5.41) is 7.25. The quantitative estimate of drug-likeness (QED) is 0.00651. The van der Waals surface area contributed by atoms with Crippen LogP contribution in [0.2, 0.25) is 0 Å². The van der Waals surface area contributed by atoms with Crippen LogP contribution in [0.15, 0.2) is 54.6 Å². The van der Waals surface area contributed by atoms with Crippen LogP contribution in [0.25, 0.3) is 21.8 Å². The first kappa shape index (κ1) is 66.6. The Labute approximate surface area is 480 Å². The Bertz CT molecular complexity index is 3300. The number of carbonyl (C=O) groups is 6. The van der Waals surface area contributed by atoms with Gasteiger partial charge in [-0.05, 0) is 75.6 Å². The number of para-hydroxylation sites is 1. The van der Waals surface area contributed by atoms with Crippen LogP contribution in [-0.4, -0.2) is 181 Å². The van der Waals surface area contributed by atoms with Crippen molar-refractivity contribution in [3.05, 3.63) is 76.9 Å². The number of esters is 1. The number of hydrogen-bond donors (Lipinski definition) is 5. The molecule has 2 heterocycles. The van der Waals surface area contributed by atoms with Gasteiger partial charge in [-0.15, -0.1) is 5.06 Å². The summed E-state index contributed by atoms with van der Waals surface area (Å²) >= 11 is 0. The van der Waals surface area contributed by atoms with Crippen molar-refractivity contribution in [3.63, 3.8) is 0 Å². The second-order valence-electron chi connectivity index (χ2n) is 21.9. The second kappa shape index (κ2) is 29.4. The molecule has 1 aromatic heterocycles. The minimum atomic E-state index is -4.21. The average Bonchev–Trinajstić information content (AvgIpc) is 2.08. The topological polar surface area (TPSA) is 316 Å². The van der Waals surface area contributed by atoms with Crippen LogP contribution in [0.3, 0.4) is 0 Å². The lowest BCUT2D eigenvalue weighted by atomic mass is 10.0. The van der Waals surface area contributed by atoms with Gasteiger partial charge in [-0.2, -0.15) is 21.4 Å². The molecule has 1 aliphatic rings. The summed E-state index contributed by atoms with van der Waals surface area (Å²) < 4.78 is 108. The van der Waals surface area contributed by atoms with Crippen LogP contribution in [0.1, 0.15) is 110 Å². The van der Waals surface area contributed by atoms with Crippen molar-refractivity contribution in [2.45, 2.75) is 105 Å². The largest absolute Gasteiger partial charge is 0.491 e. The molecule has 0 saturated carbocycles. The van der Waals surface area contributed by atoms with E-state index in [-0.39, 0.29) is 118 Å². The van der Waals surface area contributed by atoms with Crippen molar-refractivity contribution in [1.82, 2.24) is 20.4 Å².